The zero-order valence-electron chi connectivity index (χ0n) is 24.3. The Bertz CT molecular complexity index is 1650. The molecule has 8 nitrogen and oxygen atoms in total. The molecule has 0 fully saturated rings. The molecule has 230 valence electrons. The van der Waals surface area contributed by atoms with Crippen LogP contribution in [0, 0.1) is 0 Å². The van der Waals surface area contributed by atoms with Crippen LogP contribution in [0.2, 0.25) is 10.0 Å². The summed E-state index contributed by atoms with van der Waals surface area (Å²) >= 11 is 13.0. The number of benzene rings is 4. The lowest BCUT2D eigenvalue weighted by atomic mass is 10.0. The Labute approximate surface area is 268 Å². The van der Waals surface area contributed by atoms with Gasteiger partial charge in [0.15, 0.2) is 0 Å². The largest absolute Gasteiger partial charge is 0.494 e. The minimum atomic E-state index is -4.22. The number of anilines is 1. The van der Waals surface area contributed by atoms with Gasteiger partial charge in [-0.25, -0.2) is 8.42 Å². The van der Waals surface area contributed by atoms with Crippen LogP contribution in [0.1, 0.15) is 18.1 Å². The SMILES string of the molecule is CCOc1ccc(N(CC(=O)N(Cc2c(Cl)cccc2Cl)[C@@H](Cc2ccccc2)C(=O)NC)S(=O)(=O)c2ccccc2)cc1. The maximum absolute atomic E-state index is 14.4. The normalized spacial score (nSPS) is 11.8. The molecule has 0 spiro atoms. The molecule has 0 aliphatic carbocycles. The molecule has 0 aliphatic rings. The highest BCUT2D eigenvalue weighted by Gasteiger charge is 2.35. The van der Waals surface area contributed by atoms with Crippen molar-refractivity contribution in [1.29, 1.82) is 0 Å². The van der Waals surface area contributed by atoms with E-state index in [1.807, 2.05) is 37.3 Å². The van der Waals surface area contributed by atoms with E-state index in [4.69, 9.17) is 27.9 Å². The number of carbonyl (C=O) groups is 2. The molecule has 0 radical (unpaired) electrons. The molecule has 0 heterocycles. The lowest BCUT2D eigenvalue weighted by Crippen LogP contribution is -2.53. The Kier molecular flexibility index (Phi) is 11.3. The zero-order chi connectivity index (χ0) is 31.7. The van der Waals surface area contributed by atoms with Crippen LogP contribution in [-0.2, 0) is 32.6 Å². The summed E-state index contributed by atoms with van der Waals surface area (Å²) in [4.78, 5) is 29.1. The number of sulfonamides is 1. The summed E-state index contributed by atoms with van der Waals surface area (Å²) < 4.78 is 34.6. The van der Waals surface area contributed by atoms with Crippen LogP contribution in [0.4, 0.5) is 5.69 Å². The van der Waals surface area contributed by atoms with Crippen molar-refractivity contribution in [3.63, 3.8) is 0 Å². The van der Waals surface area contributed by atoms with Crippen molar-refractivity contribution in [2.24, 2.45) is 0 Å². The van der Waals surface area contributed by atoms with Crippen LogP contribution in [0.15, 0.2) is 108 Å². The number of carbonyl (C=O) groups excluding carboxylic acids is 2. The molecule has 11 heteroatoms. The van der Waals surface area contributed by atoms with Gasteiger partial charge in [-0.2, -0.15) is 0 Å². The van der Waals surface area contributed by atoms with Crippen LogP contribution in [-0.4, -0.2) is 51.4 Å². The fourth-order valence-electron chi connectivity index (χ4n) is 4.70. The van der Waals surface area contributed by atoms with Gasteiger partial charge >= 0.3 is 0 Å². The smallest absolute Gasteiger partial charge is 0.264 e. The predicted molar refractivity (Wildman–Crippen MR) is 174 cm³/mol. The Morgan fingerprint density at radius 1 is 0.841 bits per heavy atom. The van der Waals surface area contributed by atoms with E-state index in [0.717, 1.165) is 9.87 Å². The lowest BCUT2D eigenvalue weighted by Gasteiger charge is -2.34. The molecule has 0 saturated heterocycles. The number of amides is 2. The average molecular weight is 655 g/mol. The molecule has 1 N–H and O–H groups in total. The van der Waals surface area contributed by atoms with Crippen molar-refractivity contribution >= 4 is 50.7 Å². The number of ether oxygens (including phenoxy) is 1. The van der Waals surface area contributed by atoms with Gasteiger partial charge in [-0.3, -0.25) is 13.9 Å². The van der Waals surface area contributed by atoms with E-state index in [-0.39, 0.29) is 23.5 Å². The monoisotopic (exact) mass is 653 g/mol. The second kappa shape index (κ2) is 15.1. The van der Waals surface area contributed by atoms with Crippen LogP contribution < -0.4 is 14.4 Å². The first-order chi connectivity index (χ1) is 21.1. The van der Waals surface area contributed by atoms with Gasteiger partial charge in [0.25, 0.3) is 10.0 Å². The minimum Gasteiger partial charge on any atom is -0.494 e. The van der Waals surface area contributed by atoms with Gasteiger partial charge in [-0.05, 0) is 61.0 Å². The molecule has 4 rings (SSSR count). The van der Waals surface area contributed by atoms with Gasteiger partial charge in [-0.15, -0.1) is 0 Å². The van der Waals surface area contributed by atoms with Gasteiger partial charge in [0.05, 0.1) is 17.2 Å². The fraction of sp³-hybridized carbons (Fsp3) is 0.212. The van der Waals surface area contributed by atoms with Gasteiger partial charge in [0.1, 0.15) is 18.3 Å². The van der Waals surface area contributed by atoms with Crippen molar-refractivity contribution in [2.45, 2.75) is 30.8 Å². The molecule has 0 aromatic heterocycles. The minimum absolute atomic E-state index is 0.00881. The summed E-state index contributed by atoms with van der Waals surface area (Å²) in [5, 5.41) is 3.27. The van der Waals surface area contributed by atoms with E-state index in [9.17, 15) is 18.0 Å². The van der Waals surface area contributed by atoms with E-state index < -0.39 is 34.4 Å². The fourth-order valence-corrected chi connectivity index (χ4v) is 6.65. The van der Waals surface area contributed by atoms with Gasteiger partial charge in [0, 0.05) is 35.6 Å². The molecule has 1 atom stereocenters. The van der Waals surface area contributed by atoms with Crippen LogP contribution >= 0.6 is 23.2 Å². The Morgan fingerprint density at radius 2 is 1.43 bits per heavy atom. The molecular formula is C33H33Cl2N3O5S. The van der Waals surface area contributed by atoms with Gasteiger partial charge < -0.3 is 15.0 Å². The first kappa shape index (κ1) is 32.9. The summed E-state index contributed by atoms with van der Waals surface area (Å²) in [6, 6.07) is 27.5. The van der Waals surface area contributed by atoms with Gasteiger partial charge in [0.2, 0.25) is 11.8 Å². The highest BCUT2D eigenvalue weighted by atomic mass is 35.5. The van der Waals surface area contributed by atoms with Crippen LogP contribution in [0.25, 0.3) is 0 Å². The number of likely N-dealkylation sites (N-methyl/N-ethyl adjacent to an activating group) is 1. The second-order valence-electron chi connectivity index (χ2n) is 9.79. The Balaban J connectivity index is 1.81. The topological polar surface area (TPSA) is 96.0 Å². The summed E-state index contributed by atoms with van der Waals surface area (Å²) in [5.41, 5.74) is 1.50. The van der Waals surface area contributed by atoms with E-state index in [2.05, 4.69) is 5.32 Å². The Morgan fingerprint density at radius 3 is 2.00 bits per heavy atom. The average Bonchev–Trinajstić information content (AvgIpc) is 3.03. The number of hydrogen-bond acceptors (Lipinski definition) is 5. The molecule has 4 aromatic rings. The third-order valence-electron chi connectivity index (χ3n) is 6.95. The zero-order valence-corrected chi connectivity index (χ0v) is 26.6. The number of nitrogens with zero attached hydrogens (tertiary/aromatic N) is 2. The highest BCUT2D eigenvalue weighted by molar-refractivity contribution is 7.92. The number of nitrogens with one attached hydrogen (secondary N) is 1. The summed E-state index contributed by atoms with van der Waals surface area (Å²) in [6.45, 7) is 1.54. The van der Waals surface area contributed by atoms with Crippen LogP contribution in [0.3, 0.4) is 0 Å². The van der Waals surface area contributed by atoms with Crippen LogP contribution in [0.5, 0.6) is 5.75 Å². The summed E-state index contributed by atoms with van der Waals surface area (Å²) in [6.07, 6.45) is 0.169. The molecular weight excluding hydrogens is 621 g/mol. The molecule has 44 heavy (non-hydrogen) atoms. The molecule has 0 aliphatic heterocycles. The molecule has 0 bridgehead atoms. The van der Waals surface area contributed by atoms with Crippen molar-refractivity contribution < 1.29 is 22.7 Å². The molecule has 4 aromatic carbocycles. The van der Waals surface area contributed by atoms with Crippen molar-refractivity contribution in [3.05, 3.63) is 124 Å². The Hall–Kier alpha value is -4.05. The maximum atomic E-state index is 14.4. The number of hydrogen-bond donors (Lipinski definition) is 1. The quantitative estimate of drug-likeness (QED) is 0.192. The second-order valence-corrected chi connectivity index (χ2v) is 12.5. The highest BCUT2D eigenvalue weighted by Crippen LogP contribution is 2.29. The van der Waals surface area contributed by atoms with Crippen molar-refractivity contribution in [1.82, 2.24) is 10.2 Å². The summed E-state index contributed by atoms with van der Waals surface area (Å²) in [7, 11) is -2.73. The number of halogens is 2. The first-order valence-electron chi connectivity index (χ1n) is 13.9. The lowest BCUT2D eigenvalue weighted by molar-refractivity contribution is -0.139. The summed E-state index contributed by atoms with van der Waals surface area (Å²) in [5.74, 6) is -0.500. The maximum Gasteiger partial charge on any atom is 0.264 e. The molecule has 0 unspecified atom stereocenters. The molecule has 0 saturated carbocycles. The molecule has 2 amide bonds. The van der Waals surface area contributed by atoms with E-state index >= 15 is 0 Å². The number of rotatable bonds is 13. The van der Waals surface area contributed by atoms with E-state index in [0.29, 0.717) is 28.0 Å². The standard InChI is InChI=1S/C33H33Cl2N3O5S/c1-3-43-26-19-17-25(18-20-26)38(44(41,42)27-13-8-5-9-14-27)23-32(39)37(22-28-29(34)15-10-16-30(28)35)31(33(40)36-2)21-24-11-6-4-7-12-24/h4-20,31H,3,21-23H2,1-2H3,(H,36,40)/t31-/m0/s1. The van der Waals surface area contributed by atoms with E-state index in [1.54, 1.807) is 60.7 Å². The van der Waals surface area contributed by atoms with Crippen molar-refractivity contribution in [3.8, 4) is 5.75 Å². The van der Waals surface area contributed by atoms with Gasteiger partial charge in [-0.1, -0.05) is 77.8 Å². The van der Waals surface area contributed by atoms with E-state index in [1.165, 1.54) is 24.1 Å². The third kappa shape index (κ3) is 7.91. The first-order valence-corrected chi connectivity index (χ1v) is 16.1. The predicted octanol–water partition coefficient (Wildman–Crippen LogP) is 5.97. The van der Waals surface area contributed by atoms with Crippen molar-refractivity contribution in [2.75, 3.05) is 24.5 Å². The third-order valence-corrected chi connectivity index (χ3v) is 9.45.